The first-order valence-corrected chi connectivity index (χ1v) is 6.15. The Morgan fingerprint density at radius 2 is 2.00 bits per heavy atom. The Balaban J connectivity index is 2.54. The van der Waals surface area contributed by atoms with Crippen LogP contribution in [0.1, 0.15) is 29.2 Å². The first kappa shape index (κ1) is 15.1. The summed E-state index contributed by atoms with van der Waals surface area (Å²) in [5.74, 6) is 0. The molecular weight excluding hydrogens is 236 g/mol. The Kier molecular flexibility index (Phi) is 6.22. The van der Waals surface area contributed by atoms with Crippen LogP contribution >= 0.6 is 0 Å². The zero-order chi connectivity index (χ0) is 13.5. The van der Waals surface area contributed by atoms with Crippen molar-refractivity contribution in [3.05, 3.63) is 34.9 Å². The fraction of sp³-hybridized carbons (Fsp3) is 0.571. The van der Waals surface area contributed by atoms with Crippen LogP contribution in [0, 0.1) is 13.8 Å². The minimum absolute atomic E-state index is 0.142. The highest BCUT2D eigenvalue weighted by molar-refractivity contribution is 5.32. The van der Waals surface area contributed by atoms with Crippen LogP contribution in [0.3, 0.4) is 0 Å². The van der Waals surface area contributed by atoms with Gasteiger partial charge in [-0.05, 0) is 38.4 Å². The Morgan fingerprint density at radius 3 is 2.56 bits per heavy atom. The summed E-state index contributed by atoms with van der Waals surface area (Å²) in [6.45, 7) is 3.97. The van der Waals surface area contributed by atoms with Gasteiger partial charge in [0.1, 0.15) is 6.61 Å². The number of aryl methyl sites for hydroxylation is 2. The van der Waals surface area contributed by atoms with E-state index in [9.17, 15) is 8.78 Å². The van der Waals surface area contributed by atoms with E-state index in [2.05, 4.69) is 37.4 Å². The van der Waals surface area contributed by atoms with E-state index in [-0.39, 0.29) is 6.04 Å². The lowest BCUT2D eigenvalue weighted by Crippen LogP contribution is -2.20. The maximum Gasteiger partial charge on any atom is 0.261 e. The van der Waals surface area contributed by atoms with Gasteiger partial charge in [-0.15, -0.1) is 0 Å². The molecule has 0 spiro atoms. The minimum Gasteiger partial charge on any atom is -0.375 e. The first-order valence-electron chi connectivity index (χ1n) is 6.15. The van der Waals surface area contributed by atoms with Gasteiger partial charge >= 0.3 is 0 Å². The van der Waals surface area contributed by atoms with E-state index in [1.165, 1.54) is 16.7 Å². The monoisotopic (exact) mass is 257 g/mol. The van der Waals surface area contributed by atoms with Crippen molar-refractivity contribution in [3.8, 4) is 0 Å². The van der Waals surface area contributed by atoms with Gasteiger partial charge in [0.25, 0.3) is 6.43 Å². The Morgan fingerprint density at radius 1 is 1.28 bits per heavy atom. The van der Waals surface area contributed by atoms with Gasteiger partial charge in [0.15, 0.2) is 0 Å². The van der Waals surface area contributed by atoms with Crippen molar-refractivity contribution in [2.75, 3.05) is 20.3 Å². The summed E-state index contributed by atoms with van der Waals surface area (Å²) < 4.78 is 28.8. The van der Waals surface area contributed by atoms with Crippen LogP contribution in [0.5, 0.6) is 0 Å². The van der Waals surface area contributed by atoms with Gasteiger partial charge in [0.2, 0.25) is 0 Å². The number of ether oxygens (including phenoxy) is 1. The van der Waals surface area contributed by atoms with Crippen molar-refractivity contribution in [1.29, 1.82) is 0 Å². The van der Waals surface area contributed by atoms with Gasteiger partial charge in [0.05, 0.1) is 0 Å². The molecule has 18 heavy (non-hydrogen) atoms. The third-order valence-corrected chi connectivity index (χ3v) is 2.94. The fourth-order valence-electron chi connectivity index (χ4n) is 2.05. The summed E-state index contributed by atoms with van der Waals surface area (Å²) in [4.78, 5) is 0. The lowest BCUT2D eigenvalue weighted by molar-refractivity contribution is 0.0145. The molecule has 2 nitrogen and oxygen atoms in total. The molecule has 102 valence electrons. The summed E-state index contributed by atoms with van der Waals surface area (Å²) >= 11 is 0. The van der Waals surface area contributed by atoms with Gasteiger partial charge < -0.3 is 10.1 Å². The SMILES string of the molecule is CNC(CCOCC(F)F)c1ccc(C)cc1C. The van der Waals surface area contributed by atoms with Crippen molar-refractivity contribution in [1.82, 2.24) is 5.32 Å². The van der Waals surface area contributed by atoms with E-state index in [0.717, 1.165) is 0 Å². The molecule has 0 amide bonds. The molecule has 0 bridgehead atoms. The second kappa shape index (κ2) is 7.44. The number of hydrogen-bond donors (Lipinski definition) is 1. The van der Waals surface area contributed by atoms with Crippen LogP contribution in [-0.2, 0) is 4.74 Å². The standard InChI is InChI=1S/C14H21F2NO/c1-10-4-5-12(11(2)8-10)13(17-3)6-7-18-9-14(15)16/h4-5,8,13-14,17H,6-7,9H2,1-3H3. The normalized spacial score (nSPS) is 13.0. The van der Waals surface area contributed by atoms with Gasteiger partial charge in [-0.25, -0.2) is 8.78 Å². The number of benzene rings is 1. The zero-order valence-corrected chi connectivity index (χ0v) is 11.2. The van der Waals surface area contributed by atoms with Crippen molar-refractivity contribution in [2.24, 2.45) is 0 Å². The predicted octanol–water partition coefficient (Wildman–Crippen LogP) is 3.24. The number of halogens is 2. The van der Waals surface area contributed by atoms with E-state index in [1.54, 1.807) is 0 Å². The summed E-state index contributed by atoms with van der Waals surface area (Å²) in [5, 5.41) is 3.20. The third-order valence-electron chi connectivity index (χ3n) is 2.94. The highest BCUT2D eigenvalue weighted by Gasteiger charge is 2.12. The van der Waals surface area contributed by atoms with Crippen LogP contribution < -0.4 is 5.32 Å². The molecule has 1 rings (SSSR count). The molecule has 1 unspecified atom stereocenters. The topological polar surface area (TPSA) is 21.3 Å². The molecule has 0 aliphatic carbocycles. The van der Waals surface area contributed by atoms with Gasteiger partial charge in [-0.2, -0.15) is 0 Å². The van der Waals surface area contributed by atoms with Crippen LogP contribution in [0.2, 0.25) is 0 Å². The molecule has 0 heterocycles. The highest BCUT2D eigenvalue weighted by atomic mass is 19.3. The lowest BCUT2D eigenvalue weighted by Gasteiger charge is -2.19. The van der Waals surface area contributed by atoms with E-state index in [0.29, 0.717) is 13.0 Å². The van der Waals surface area contributed by atoms with Gasteiger partial charge in [0, 0.05) is 12.6 Å². The minimum atomic E-state index is -2.39. The van der Waals surface area contributed by atoms with Crippen LogP contribution in [0.15, 0.2) is 18.2 Å². The van der Waals surface area contributed by atoms with E-state index < -0.39 is 13.0 Å². The second-order valence-electron chi connectivity index (χ2n) is 4.46. The Bertz CT molecular complexity index is 369. The summed E-state index contributed by atoms with van der Waals surface area (Å²) in [6.07, 6.45) is -1.70. The van der Waals surface area contributed by atoms with Crippen LogP contribution in [-0.4, -0.2) is 26.7 Å². The lowest BCUT2D eigenvalue weighted by atomic mass is 9.97. The van der Waals surface area contributed by atoms with Gasteiger partial charge in [-0.1, -0.05) is 23.8 Å². The van der Waals surface area contributed by atoms with Crippen molar-refractivity contribution >= 4 is 0 Å². The maximum atomic E-state index is 11.9. The maximum absolute atomic E-state index is 11.9. The largest absolute Gasteiger partial charge is 0.375 e. The quantitative estimate of drug-likeness (QED) is 0.757. The van der Waals surface area contributed by atoms with Crippen molar-refractivity contribution in [2.45, 2.75) is 32.7 Å². The molecule has 1 aromatic carbocycles. The van der Waals surface area contributed by atoms with Crippen molar-refractivity contribution < 1.29 is 13.5 Å². The van der Waals surface area contributed by atoms with Crippen LogP contribution in [0.25, 0.3) is 0 Å². The number of rotatable bonds is 7. The average Bonchev–Trinajstić information content (AvgIpc) is 2.30. The third kappa shape index (κ3) is 4.70. The van der Waals surface area contributed by atoms with Gasteiger partial charge in [-0.3, -0.25) is 0 Å². The molecule has 1 N–H and O–H groups in total. The van der Waals surface area contributed by atoms with E-state index >= 15 is 0 Å². The summed E-state index contributed by atoms with van der Waals surface area (Å²) in [7, 11) is 1.87. The fourth-order valence-corrected chi connectivity index (χ4v) is 2.05. The molecule has 1 aromatic rings. The number of alkyl halides is 2. The van der Waals surface area contributed by atoms with Crippen molar-refractivity contribution in [3.63, 3.8) is 0 Å². The van der Waals surface area contributed by atoms with E-state index in [4.69, 9.17) is 4.74 Å². The number of nitrogens with one attached hydrogen (secondary N) is 1. The highest BCUT2D eigenvalue weighted by Crippen LogP contribution is 2.21. The van der Waals surface area contributed by atoms with E-state index in [1.807, 2.05) is 7.05 Å². The summed E-state index contributed by atoms with van der Waals surface area (Å²) in [5.41, 5.74) is 3.63. The smallest absolute Gasteiger partial charge is 0.261 e. The number of hydrogen-bond acceptors (Lipinski definition) is 2. The second-order valence-corrected chi connectivity index (χ2v) is 4.46. The molecule has 0 aromatic heterocycles. The Labute approximate surface area is 107 Å². The molecule has 0 fully saturated rings. The van der Waals surface area contributed by atoms with Crippen LogP contribution in [0.4, 0.5) is 8.78 Å². The molecule has 0 aliphatic rings. The zero-order valence-electron chi connectivity index (χ0n) is 11.2. The molecule has 4 heteroatoms. The molecule has 0 saturated carbocycles. The molecule has 1 atom stereocenters. The average molecular weight is 257 g/mol. The molecule has 0 saturated heterocycles. The molecule has 0 radical (unpaired) electrons. The molecular formula is C14H21F2NO. The Hall–Kier alpha value is -1.00. The summed E-state index contributed by atoms with van der Waals surface area (Å²) in [6, 6.07) is 6.41. The first-order chi connectivity index (χ1) is 8.54. The predicted molar refractivity (Wildman–Crippen MR) is 69.2 cm³/mol. The molecule has 0 aliphatic heterocycles.